The van der Waals surface area contributed by atoms with Crippen molar-refractivity contribution in [2.75, 3.05) is 18.0 Å². The number of aromatic nitrogens is 2. The number of hydrogen-bond donors (Lipinski definition) is 1. The lowest BCUT2D eigenvalue weighted by molar-refractivity contribution is 0.0949. The summed E-state index contributed by atoms with van der Waals surface area (Å²) in [6, 6.07) is 14.7. The van der Waals surface area contributed by atoms with E-state index in [1.165, 1.54) is 29.5 Å². The standard InChI is InChI=1S/C22H21FN4O/c23-19-7-5-16(6-8-19)9-11-24-22(28)20-13-26-21(14-25-20)27-12-10-17-3-1-2-4-18(17)15-27/h1-8,13-14H,9-12,15H2,(H,24,28). The molecule has 0 bridgehead atoms. The Labute approximate surface area is 163 Å². The quantitative estimate of drug-likeness (QED) is 0.743. The molecule has 0 saturated heterocycles. The summed E-state index contributed by atoms with van der Waals surface area (Å²) in [4.78, 5) is 23.1. The van der Waals surface area contributed by atoms with Gasteiger partial charge in [0.25, 0.3) is 5.91 Å². The second-order valence-electron chi connectivity index (χ2n) is 6.83. The Hall–Kier alpha value is -3.28. The van der Waals surface area contributed by atoms with E-state index in [1.54, 1.807) is 18.3 Å². The molecule has 0 aliphatic carbocycles. The van der Waals surface area contributed by atoms with Crippen molar-refractivity contribution >= 4 is 11.7 Å². The number of hydrogen-bond acceptors (Lipinski definition) is 4. The zero-order valence-electron chi connectivity index (χ0n) is 15.4. The van der Waals surface area contributed by atoms with Crippen molar-refractivity contribution in [3.05, 3.63) is 89.1 Å². The second-order valence-corrected chi connectivity index (χ2v) is 6.83. The highest BCUT2D eigenvalue weighted by Gasteiger charge is 2.18. The highest BCUT2D eigenvalue weighted by atomic mass is 19.1. The van der Waals surface area contributed by atoms with Crippen LogP contribution in [-0.2, 0) is 19.4 Å². The van der Waals surface area contributed by atoms with E-state index in [0.717, 1.165) is 30.9 Å². The van der Waals surface area contributed by atoms with Crippen molar-refractivity contribution in [1.29, 1.82) is 0 Å². The van der Waals surface area contributed by atoms with E-state index in [2.05, 4.69) is 38.4 Å². The van der Waals surface area contributed by atoms with Crippen molar-refractivity contribution in [2.24, 2.45) is 0 Å². The van der Waals surface area contributed by atoms with Crippen LogP contribution in [0.3, 0.4) is 0 Å². The number of fused-ring (bicyclic) bond motifs is 1. The van der Waals surface area contributed by atoms with Gasteiger partial charge in [-0.15, -0.1) is 0 Å². The van der Waals surface area contributed by atoms with Gasteiger partial charge in [-0.25, -0.2) is 14.4 Å². The first-order chi connectivity index (χ1) is 13.7. The molecule has 4 rings (SSSR count). The average Bonchev–Trinajstić information content (AvgIpc) is 2.75. The van der Waals surface area contributed by atoms with Crippen molar-refractivity contribution in [3.63, 3.8) is 0 Å². The fourth-order valence-corrected chi connectivity index (χ4v) is 3.36. The van der Waals surface area contributed by atoms with Gasteiger partial charge in [-0.3, -0.25) is 4.79 Å². The minimum Gasteiger partial charge on any atom is -0.351 e. The Bertz CT molecular complexity index is 957. The van der Waals surface area contributed by atoms with E-state index in [4.69, 9.17) is 0 Å². The summed E-state index contributed by atoms with van der Waals surface area (Å²) in [6.07, 6.45) is 4.78. The summed E-state index contributed by atoms with van der Waals surface area (Å²) in [5.74, 6) is 0.253. The van der Waals surface area contributed by atoms with Gasteiger partial charge in [0, 0.05) is 19.6 Å². The van der Waals surface area contributed by atoms with E-state index in [0.29, 0.717) is 18.7 Å². The van der Waals surface area contributed by atoms with E-state index in [-0.39, 0.29) is 11.7 Å². The summed E-state index contributed by atoms with van der Waals surface area (Å²) in [6.45, 7) is 2.14. The molecule has 142 valence electrons. The van der Waals surface area contributed by atoms with Gasteiger partial charge in [-0.2, -0.15) is 0 Å². The monoisotopic (exact) mass is 376 g/mol. The van der Waals surface area contributed by atoms with Crippen LogP contribution in [0.15, 0.2) is 60.9 Å². The van der Waals surface area contributed by atoms with Gasteiger partial charge in [0.2, 0.25) is 0 Å². The Kier molecular flexibility index (Phi) is 5.28. The van der Waals surface area contributed by atoms with E-state index in [9.17, 15) is 9.18 Å². The predicted octanol–water partition coefficient (Wildman–Crippen LogP) is 3.15. The van der Waals surface area contributed by atoms with Crippen LogP contribution in [0, 0.1) is 5.82 Å². The van der Waals surface area contributed by atoms with Crippen LogP contribution in [0.2, 0.25) is 0 Å². The number of carbonyl (C=O) groups is 1. The minimum absolute atomic E-state index is 0.259. The predicted molar refractivity (Wildman–Crippen MR) is 106 cm³/mol. The zero-order chi connectivity index (χ0) is 19.3. The van der Waals surface area contributed by atoms with Crippen LogP contribution >= 0.6 is 0 Å². The molecule has 0 saturated carbocycles. The molecule has 1 amide bonds. The van der Waals surface area contributed by atoms with Gasteiger partial charge in [0.15, 0.2) is 0 Å². The van der Waals surface area contributed by atoms with Crippen LogP contribution < -0.4 is 10.2 Å². The van der Waals surface area contributed by atoms with E-state index < -0.39 is 0 Å². The second kappa shape index (κ2) is 8.17. The third-order valence-corrected chi connectivity index (χ3v) is 4.94. The van der Waals surface area contributed by atoms with Gasteiger partial charge in [0.05, 0.1) is 12.4 Å². The van der Waals surface area contributed by atoms with Crippen molar-refractivity contribution in [3.8, 4) is 0 Å². The summed E-state index contributed by atoms with van der Waals surface area (Å²) in [5.41, 5.74) is 3.94. The summed E-state index contributed by atoms with van der Waals surface area (Å²) in [7, 11) is 0. The van der Waals surface area contributed by atoms with E-state index >= 15 is 0 Å². The lowest BCUT2D eigenvalue weighted by atomic mass is 10.0. The first-order valence-electron chi connectivity index (χ1n) is 9.35. The molecule has 5 nitrogen and oxygen atoms in total. The number of nitrogens with zero attached hydrogens (tertiary/aromatic N) is 3. The number of rotatable bonds is 5. The zero-order valence-corrected chi connectivity index (χ0v) is 15.4. The highest BCUT2D eigenvalue weighted by molar-refractivity contribution is 5.92. The average molecular weight is 376 g/mol. The molecule has 1 aliphatic heterocycles. The van der Waals surface area contributed by atoms with Crippen LogP contribution in [0.25, 0.3) is 0 Å². The van der Waals surface area contributed by atoms with Gasteiger partial charge < -0.3 is 10.2 Å². The lowest BCUT2D eigenvalue weighted by Crippen LogP contribution is -2.31. The lowest BCUT2D eigenvalue weighted by Gasteiger charge is -2.29. The largest absolute Gasteiger partial charge is 0.351 e. The van der Waals surface area contributed by atoms with Gasteiger partial charge in [-0.05, 0) is 41.7 Å². The number of carbonyl (C=O) groups excluding carboxylic acids is 1. The van der Waals surface area contributed by atoms with Crippen LogP contribution in [0.5, 0.6) is 0 Å². The molecule has 2 aromatic carbocycles. The molecule has 1 N–H and O–H groups in total. The number of amides is 1. The molecule has 2 heterocycles. The van der Waals surface area contributed by atoms with Crippen LogP contribution in [0.4, 0.5) is 10.2 Å². The Morgan fingerprint density at radius 3 is 2.57 bits per heavy atom. The normalized spacial score (nSPS) is 13.1. The van der Waals surface area contributed by atoms with Crippen molar-refractivity contribution in [1.82, 2.24) is 15.3 Å². The molecular formula is C22H21FN4O. The number of benzene rings is 2. The molecular weight excluding hydrogens is 355 g/mol. The van der Waals surface area contributed by atoms with E-state index in [1.807, 2.05) is 6.07 Å². The fourth-order valence-electron chi connectivity index (χ4n) is 3.36. The molecule has 0 spiro atoms. The number of halogens is 1. The number of nitrogens with one attached hydrogen (secondary N) is 1. The maximum atomic E-state index is 12.9. The summed E-state index contributed by atoms with van der Waals surface area (Å²) < 4.78 is 12.9. The summed E-state index contributed by atoms with van der Waals surface area (Å²) in [5, 5.41) is 2.83. The van der Waals surface area contributed by atoms with Crippen LogP contribution in [0.1, 0.15) is 27.2 Å². The minimum atomic E-state index is -0.264. The highest BCUT2D eigenvalue weighted by Crippen LogP contribution is 2.22. The van der Waals surface area contributed by atoms with Crippen molar-refractivity contribution in [2.45, 2.75) is 19.4 Å². The number of anilines is 1. The Morgan fingerprint density at radius 2 is 1.82 bits per heavy atom. The maximum absolute atomic E-state index is 12.9. The maximum Gasteiger partial charge on any atom is 0.271 e. The van der Waals surface area contributed by atoms with Crippen molar-refractivity contribution < 1.29 is 9.18 Å². The molecule has 28 heavy (non-hydrogen) atoms. The van der Waals surface area contributed by atoms with Gasteiger partial charge >= 0.3 is 0 Å². The molecule has 0 unspecified atom stereocenters. The van der Waals surface area contributed by atoms with Gasteiger partial charge in [0.1, 0.15) is 17.3 Å². The Morgan fingerprint density at radius 1 is 1.04 bits per heavy atom. The van der Waals surface area contributed by atoms with Crippen LogP contribution in [-0.4, -0.2) is 29.0 Å². The molecule has 0 radical (unpaired) electrons. The smallest absolute Gasteiger partial charge is 0.271 e. The molecule has 1 aromatic heterocycles. The SMILES string of the molecule is O=C(NCCc1ccc(F)cc1)c1cnc(N2CCc3ccccc3C2)cn1. The molecule has 6 heteroatoms. The summed E-state index contributed by atoms with van der Waals surface area (Å²) >= 11 is 0. The first kappa shape index (κ1) is 18.1. The topological polar surface area (TPSA) is 58.1 Å². The molecule has 1 aliphatic rings. The first-order valence-corrected chi connectivity index (χ1v) is 9.35. The molecule has 3 aromatic rings. The third-order valence-electron chi connectivity index (χ3n) is 4.94. The van der Waals surface area contributed by atoms with Gasteiger partial charge in [-0.1, -0.05) is 36.4 Å². The Balaban J connectivity index is 1.33. The molecule has 0 atom stereocenters. The molecule has 0 fully saturated rings. The third kappa shape index (κ3) is 4.17. The fraction of sp³-hybridized carbons (Fsp3) is 0.227.